The first-order valence-corrected chi connectivity index (χ1v) is 7.53. The average molecular weight is 292 g/mol. The molecule has 116 valence electrons. The predicted molar refractivity (Wildman–Crippen MR) is 79.9 cm³/mol. The van der Waals surface area contributed by atoms with Crippen molar-refractivity contribution in [3.63, 3.8) is 0 Å². The summed E-state index contributed by atoms with van der Waals surface area (Å²) >= 11 is 0. The Balaban J connectivity index is 2.17. The third-order valence-electron chi connectivity index (χ3n) is 3.92. The Morgan fingerprint density at radius 1 is 1.38 bits per heavy atom. The van der Waals surface area contributed by atoms with Crippen molar-refractivity contribution in [2.75, 3.05) is 20.6 Å². The molecule has 0 aromatic carbocycles. The van der Waals surface area contributed by atoms with Gasteiger partial charge in [-0.15, -0.1) is 0 Å². The van der Waals surface area contributed by atoms with Gasteiger partial charge in [-0.05, 0) is 13.3 Å². The van der Waals surface area contributed by atoms with Crippen molar-refractivity contribution in [1.29, 1.82) is 0 Å². The van der Waals surface area contributed by atoms with Crippen LogP contribution >= 0.6 is 0 Å². The minimum absolute atomic E-state index is 0.0770. The molecule has 1 aliphatic heterocycles. The Hall–Kier alpha value is -1.85. The highest BCUT2D eigenvalue weighted by atomic mass is 16.2. The van der Waals surface area contributed by atoms with Crippen LogP contribution in [0.3, 0.4) is 0 Å². The zero-order valence-corrected chi connectivity index (χ0v) is 13.3. The third kappa shape index (κ3) is 3.09. The molecule has 1 atom stereocenters. The molecule has 0 saturated heterocycles. The molecule has 6 heteroatoms. The van der Waals surface area contributed by atoms with Gasteiger partial charge < -0.3 is 14.4 Å². The van der Waals surface area contributed by atoms with Gasteiger partial charge in [0.25, 0.3) is 5.91 Å². The molecule has 1 aromatic heterocycles. The maximum atomic E-state index is 12.2. The second kappa shape index (κ2) is 6.28. The van der Waals surface area contributed by atoms with E-state index in [4.69, 9.17) is 0 Å². The van der Waals surface area contributed by atoms with E-state index in [1.54, 1.807) is 20.3 Å². The summed E-state index contributed by atoms with van der Waals surface area (Å²) in [5.41, 5.74) is 0.449. The van der Waals surface area contributed by atoms with Gasteiger partial charge in [-0.1, -0.05) is 13.3 Å². The van der Waals surface area contributed by atoms with Gasteiger partial charge in [-0.2, -0.15) is 0 Å². The number of hydrogen-bond acceptors (Lipinski definition) is 3. The molecule has 0 fully saturated rings. The van der Waals surface area contributed by atoms with Gasteiger partial charge in [0.1, 0.15) is 11.5 Å². The summed E-state index contributed by atoms with van der Waals surface area (Å²) in [7, 11) is 3.43. The lowest BCUT2D eigenvalue weighted by molar-refractivity contribution is -0.134. The van der Waals surface area contributed by atoms with Crippen molar-refractivity contribution >= 4 is 11.8 Å². The SMILES string of the molecule is CCCCC(=O)N1CCn2cc(C(=O)N(C)C)nc2[C@@H]1C. The van der Waals surface area contributed by atoms with Gasteiger partial charge in [0.2, 0.25) is 5.91 Å². The van der Waals surface area contributed by atoms with E-state index in [0.717, 1.165) is 18.7 Å². The van der Waals surface area contributed by atoms with E-state index in [9.17, 15) is 9.59 Å². The monoisotopic (exact) mass is 292 g/mol. The van der Waals surface area contributed by atoms with Crippen LogP contribution < -0.4 is 0 Å². The number of hydrogen-bond donors (Lipinski definition) is 0. The molecule has 1 aliphatic rings. The molecule has 2 rings (SSSR count). The number of aromatic nitrogens is 2. The standard InChI is InChI=1S/C15H24N4O2/c1-5-6-7-13(20)19-9-8-18-10-12(15(21)17(3)4)16-14(18)11(19)2/h10-11H,5-9H2,1-4H3/t11-/m0/s1. The summed E-state index contributed by atoms with van der Waals surface area (Å²) in [4.78, 5) is 32.1. The Kier molecular flexibility index (Phi) is 4.65. The molecule has 2 amide bonds. The molecule has 0 bridgehead atoms. The van der Waals surface area contributed by atoms with Crippen molar-refractivity contribution in [3.05, 3.63) is 17.7 Å². The molecule has 0 unspecified atom stereocenters. The summed E-state index contributed by atoms with van der Waals surface area (Å²) < 4.78 is 1.99. The van der Waals surface area contributed by atoms with Crippen molar-refractivity contribution in [3.8, 4) is 0 Å². The first-order chi connectivity index (χ1) is 9.95. The predicted octanol–water partition coefficient (Wildman–Crippen LogP) is 1.68. The largest absolute Gasteiger partial charge is 0.343 e. The highest BCUT2D eigenvalue weighted by molar-refractivity contribution is 5.91. The second-order valence-electron chi connectivity index (χ2n) is 5.74. The van der Waals surface area contributed by atoms with Crippen LogP contribution in [0.1, 0.15) is 55.5 Å². The lowest BCUT2D eigenvalue weighted by Crippen LogP contribution is -2.41. The fraction of sp³-hybridized carbons (Fsp3) is 0.667. The van der Waals surface area contributed by atoms with Crippen molar-refractivity contribution in [2.45, 2.75) is 45.7 Å². The maximum Gasteiger partial charge on any atom is 0.273 e. The van der Waals surface area contributed by atoms with Crippen LogP contribution in [0.2, 0.25) is 0 Å². The number of unbranched alkanes of at least 4 members (excludes halogenated alkanes) is 1. The van der Waals surface area contributed by atoms with E-state index in [1.165, 1.54) is 4.90 Å². The minimum Gasteiger partial charge on any atom is -0.343 e. The van der Waals surface area contributed by atoms with Crippen LogP contribution in [-0.2, 0) is 11.3 Å². The van der Waals surface area contributed by atoms with E-state index in [1.807, 2.05) is 16.4 Å². The normalized spacial score (nSPS) is 17.5. The fourth-order valence-corrected chi connectivity index (χ4v) is 2.64. The minimum atomic E-state index is -0.104. The highest BCUT2D eigenvalue weighted by Gasteiger charge is 2.30. The number of carbonyl (C=O) groups excluding carboxylic acids is 2. The van der Waals surface area contributed by atoms with Crippen LogP contribution in [0.15, 0.2) is 6.20 Å². The molecule has 2 heterocycles. The Morgan fingerprint density at radius 3 is 2.71 bits per heavy atom. The molecule has 0 radical (unpaired) electrons. The summed E-state index contributed by atoms with van der Waals surface area (Å²) in [6.07, 6.45) is 4.32. The number of imidazole rings is 1. The lowest BCUT2D eigenvalue weighted by Gasteiger charge is -2.33. The molecule has 0 spiro atoms. The molecule has 0 saturated carbocycles. The van der Waals surface area contributed by atoms with Gasteiger partial charge in [0.05, 0.1) is 6.04 Å². The molecule has 21 heavy (non-hydrogen) atoms. The molecule has 1 aromatic rings. The van der Waals surface area contributed by atoms with E-state index >= 15 is 0 Å². The fourth-order valence-electron chi connectivity index (χ4n) is 2.64. The highest BCUT2D eigenvalue weighted by Crippen LogP contribution is 2.25. The number of amides is 2. The third-order valence-corrected chi connectivity index (χ3v) is 3.92. The van der Waals surface area contributed by atoms with Gasteiger partial charge in [0, 0.05) is 39.8 Å². The summed E-state index contributed by atoms with van der Waals surface area (Å²) in [5, 5.41) is 0. The first-order valence-electron chi connectivity index (χ1n) is 7.53. The van der Waals surface area contributed by atoms with Crippen LogP contribution in [0.4, 0.5) is 0 Å². The first kappa shape index (κ1) is 15.5. The topological polar surface area (TPSA) is 58.4 Å². The summed E-state index contributed by atoms with van der Waals surface area (Å²) in [5.74, 6) is 0.878. The van der Waals surface area contributed by atoms with E-state index in [0.29, 0.717) is 25.2 Å². The average Bonchev–Trinajstić information content (AvgIpc) is 2.89. The quantitative estimate of drug-likeness (QED) is 0.848. The number of rotatable bonds is 4. The Morgan fingerprint density at radius 2 is 2.10 bits per heavy atom. The van der Waals surface area contributed by atoms with E-state index in [-0.39, 0.29) is 17.9 Å². The van der Waals surface area contributed by atoms with Crippen LogP contribution in [-0.4, -0.2) is 51.8 Å². The van der Waals surface area contributed by atoms with Crippen LogP contribution in [0.5, 0.6) is 0 Å². The zero-order valence-electron chi connectivity index (χ0n) is 13.3. The molecule has 0 aliphatic carbocycles. The summed E-state index contributed by atoms with van der Waals surface area (Å²) in [6.45, 7) is 5.44. The van der Waals surface area contributed by atoms with E-state index in [2.05, 4.69) is 11.9 Å². The Labute approximate surface area is 125 Å². The van der Waals surface area contributed by atoms with Gasteiger partial charge in [0.15, 0.2) is 0 Å². The molecule has 6 nitrogen and oxygen atoms in total. The number of carbonyl (C=O) groups is 2. The maximum absolute atomic E-state index is 12.2. The van der Waals surface area contributed by atoms with Crippen molar-refractivity contribution < 1.29 is 9.59 Å². The lowest BCUT2D eigenvalue weighted by atomic mass is 10.1. The Bertz CT molecular complexity index is 536. The smallest absolute Gasteiger partial charge is 0.273 e. The van der Waals surface area contributed by atoms with Crippen LogP contribution in [0, 0.1) is 0 Å². The van der Waals surface area contributed by atoms with Crippen molar-refractivity contribution in [2.24, 2.45) is 0 Å². The van der Waals surface area contributed by atoms with Crippen LogP contribution in [0.25, 0.3) is 0 Å². The second-order valence-corrected chi connectivity index (χ2v) is 5.74. The molecule has 0 N–H and O–H groups in total. The zero-order chi connectivity index (χ0) is 15.6. The van der Waals surface area contributed by atoms with Gasteiger partial charge in [-0.3, -0.25) is 9.59 Å². The molecular weight excluding hydrogens is 268 g/mol. The summed E-state index contributed by atoms with van der Waals surface area (Å²) in [6, 6.07) is -0.0770. The van der Waals surface area contributed by atoms with E-state index < -0.39 is 0 Å². The number of fused-ring (bicyclic) bond motifs is 1. The van der Waals surface area contributed by atoms with Crippen molar-refractivity contribution in [1.82, 2.24) is 19.4 Å². The number of nitrogens with zero attached hydrogens (tertiary/aromatic N) is 4. The van der Waals surface area contributed by atoms with Gasteiger partial charge >= 0.3 is 0 Å². The van der Waals surface area contributed by atoms with Gasteiger partial charge in [-0.25, -0.2) is 4.98 Å². The molecular formula is C15H24N4O2.